The highest BCUT2D eigenvalue weighted by Gasteiger charge is 2.11. The van der Waals surface area contributed by atoms with Crippen LogP contribution in [0.15, 0.2) is 42.5 Å². The van der Waals surface area contributed by atoms with Gasteiger partial charge in [-0.05, 0) is 48.9 Å². The van der Waals surface area contributed by atoms with Crippen LogP contribution < -0.4 is 14.8 Å². The summed E-state index contributed by atoms with van der Waals surface area (Å²) < 4.78 is 30.2. The van der Waals surface area contributed by atoms with Gasteiger partial charge in [0.1, 0.15) is 18.5 Å². The van der Waals surface area contributed by atoms with Crippen molar-refractivity contribution in [3.63, 3.8) is 0 Å². The van der Waals surface area contributed by atoms with E-state index >= 15 is 0 Å². The Kier molecular flexibility index (Phi) is 9.83. The first-order chi connectivity index (χ1) is 12.6. The summed E-state index contributed by atoms with van der Waals surface area (Å²) in [6, 6.07) is 11.8. The smallest absolute Gasteiger partial charge is 0.229 e. The summed E-state index contributed by atoms with van der Waals surface area (Å²) in [5, 5.41) is 14.3. The van der Waals surface area contributed by atoms with Crippen LogP contribution in [0.1, 0.15) is 18.5 Å². The third-order valence-electron chi connectivity index (χ3n) is 3.70. The molecule has 0 bridgehead atoms. The molecule has 2 rings (SSSR count). The molecule has 0 saturated heterocycles. The molecule has 3 N–H and O–H groups in total. The van der Waals surface area contributed by atoms with Gasteiger partial charge in [-0.3, -0.25) is 4.72 Å². The van der Waals surface area contributed by atoms with Crippen LogP contribution in [0.4, 0.5) is 5.69 Å². The predicted molar refractivity (Wildman–Crippen MR) is 117 cm³/mol. The lowest BCUT2D eigenvalue weighted by Gasteiger charge is -2.18. The van der Waals surface area contributed by atoms with Gasteiger partial charge in [0.2, 0.25) is 10.0 Å². The molecule has 2 atom stereocenters. The van der Waals surface area contributed by atoms with Gasteiger partial charge in [-0.15, -0.1) is 12.4 Å². The minimum absolute atomic E-state index is 0. The summed E-state index contributed by atoms with van der Waals surface area (Å²) in [6.45, 7) is 2.38. The molecule has 0 fully saturated rings. The lowest BCUT2D eigenvalue weighted by molar-refractivity contribution is 0.104. The second-order valence-electron chi connectivity index (χ2n) is 6.17. The molecule has 156 valence electrons. The Morgan fingerprint density at radius 2 is 1.75 bits per heavy atom. The third kappa shape index (κ3) is 8.43. The van der Waals surface area contributed by atoms with Crippen LogP contribution in [0.3, 0.4) is 0 Å². The maximum Gasteiger partial charge on any atom is 0.229 e. The highest BCUT2D eigenvalue weighted by atomic mass is 35.5. The highest BCUT2D eigenvalue weighted by molar-refractivity contribution is 7.92. The number of halogens is 3. The summed E-state index contributed by atoms with van der Waals surface area (Å²) in [7, 11) is -3.31. The standard InChI is InChI=1S/C18H22Cl2N2O4S.ClH/c1-12(13-3-8-17(19)18(20)9-13)21-10-15(23)11-26-16-6-4-14(5-7-16)22-27(2,24)25;/h3-9,12,15,21-23H,10-11H2,1-2H3;1H. The van der Waals surface area contributed by atoms with E-state index in [0.717, 1.165) is 11.8 Å². The Hall–Kier alpha value is -1.22. The monoisotopic (exact) mass is 468 g/mol. The minimum Gasteiger partial charge on any atom is -0.491 e. The molecule has 0 aliphatic rings. The molecule has 0 saturated carbocycles. The number of anilines is 1. The molecule has 0 aliphatic carbocycles. The van der Waals surface area contributed by atoms with Crippen molar-refractivity contribution in [1.82, 2.24) is 5.32 Å². The first kappa shape index (κ1) is 24.8. The summed E-state index contributed by atoms with van der Waals surface area (Å²) >= 11 is 11.9. The molecule has 2 aromatic rings. The molecule has 2 aromatic carbocycles. The molecular formula is C18H23Cl3N2O4S. The van der Waals surface area contributed by atoms with Gasteiger partial charge in [-0.1, -0.05) is 29.3 Å². The molecule has 0 radical (unpaired) electrons. The van der Waals surface area contributed by atoms with Gasteiger partial charge in [0.15, 0.2) is 0 Å². The number of hydrogen-bond donors (Lipinski definition) is 3. The number of rotatable bonds is 9. The second-order valence-corrected chi connectivity index (χ2v) is 8.73. The van der Waals surface area contributed by atoms with Gasteiger partial charge in [-0.2, -0.15) is 0 Å². The van der Waals surface area contributed by atoms with Crippen molar-refractivity contribution in [3.05, 3.63) is 58.1 Å². The van der Waals surface area contributed by atoms with E-state index in [-0.39, 0.29) is 25.1 Å². The van der Waals surface area contributed by atoms with E-state index in [2.05, 4.69) is 10.0 Å². The van der Waals surface area contributed by atoms with E-state index in [0.29, 0.717) is 28.0 Å². The van der Waals surface area contributed by atoms with Gasteiger partial charge in [-0.25, -0.2) is 8.42 Å². The highest BCUT2D eigenvalue weighted by Crippen LogP contribution is 2.25. The Bertz CT molecular complexity index is 864. The lowest BCUT2D eigenvalue weighted by Crippen LogP contribution is -2.33. The molecule has 0 aromatic heterocycles. The molecule has 6 nitrogen and oxygen atoms in total. The molecule has 0 heterocycles. The van der Waals surface area contributed by atoms with Crippen LogP contribution in [-0.2, 0) is 10.0 Å². The fourth-order valence-corrected chi connectivity index (χ4v) is 3.17. The lowest BCUT2D eigenvalue weighted by atomic mass is 10.1. The van der Waals surface area contributed by atoms with E-state index in [9.17, 15) is 13.5 Å². The topological polar surface area (TPSA) is 87.7 Å². The molecular weight excluding hydrogens is 447 g/mol. The fourth-order valence-electron chi connectivity index (χ4n) is 2.30. The molecule has 10 heteroatoms. The van der Waals surface area contributed by atoms with Crippen molar-refractivity contribution in [2.24, 2.45) is 0 Å². The number of hydrogen-bond acceptors (Lipinski definition) is 5. The first-order valence-corrected chi connectivity index (χ1v) is 10.9. The van der Waals surface area contributed by atoms with Gasteiger partial charge >= 0.3 is 0 Å². The number of aliphatic hydroxyl groups is 1. The number of ether oxygens (including phenoxy) is 1. The normalized spacial score (nSPS) is 13.3. The summed E-state index contributed by atoms with van der Waals surface area (Å²) in [4.78, 5) is 0. The average molecular weight is 470 g/mol. The van der Waals surface area contributed by atoms with E-state index in [1.165, 1.54) is 0 Å². The number of aliphatic hydroxyl groups excluding tert-OH is 1. The van der Waals surface area contributed by atoms with E-state index in [4.69, 9.17) is 27.9 Å². The quantitative estimate of drug-likeness (QED) is 0.519. The van der Waals surface area contributed by atoms with Crippen molar-refractivity contribution in [1.29, 1.82) is 0 Å². The van der Waals surface area contributed by atoms with Gasteiger partial charge < -0.3 is 15.2 Å². The van der Waals surface area contributed by atoms with Crippen molar-refractivity contribution >= 4 is 51.3 Å². The van der Waals surface area contributed by atoms with Crippen molar-refractivity contribution in [3.8, 4) is 5.75 Å². The maximum atomic E-state index is 11.2. The second kappa shape index (κ2) is 11.1. The maximum absolute atomic E-state index is 11.2. The van der Waals surface area contributed by atoms with Crippen molar-refractivity contribution in [2.75, 3.05) is 24.1 Å². The molecule has 2 unspecified atom stereocenters. The number of benzene rings is 2. The zero-order chi connectivity index (χ0) is 20.0. The van der Waals surface area contributed by atoms with Gasteiger partial charge in [0.25, 0.3) is 0 Å². The van der Waals surface area contributed by atoms with Gasteiger partial charge in [0.05, 0.1) is 16.3 Å². The summed E-state index contributed by atoms with van der Waals surface area (Å²) in [5.41, 5.74) is 1.41. The molecule has 0 spiro atoms. The SMILES string of the molecule is CC(NCC(O)COc1ccc(NS(C)(=O)=O)cc1)c1ccc(Cl)c(Cl)c1.Cl. The van der Waals surface area contributed by atoms with E-state index in [1.807, 2.05) is 13.0 Å². The van der Waals surface area contributed by atoms with Crippen LogP contribution in [-0.4, -0.2) is 39.0 Å². The zero-order valence-corrected chi connectivity index (χ0v) is 18.5. The van der Waals surface area contributed by atoms with E-state index in [1.54, 1.807) is 36.4 Å². The van der Waals surface area contributed by atoms with Crippen LogP contribution >= 0.6 is 35.6 Å². The largest absolute Gasteiger partial charge is 0.491 e. The van der Waals surface area contributed by atoms with Crippen molar-refractivity contribution < 1.29 is 18.3 Å². The number of nitrogens with one attached hydrogen (secondary N) is 2. The summed E-state index contributed by atoms with van der Waals surface area (Å²) in [5.74, 6) is 0.533. The third-order valence-corrected chi connectivity index (χ3v) is 5.05. The van der Waals surface area contributed by atoms with Crippen molar-refractivity contribution in [2.45, 2.75) is 19.1 Å². The zero-order valence-electron chi connectivity index (χ0n) is 15.4. The van der Waals surface area contributed by atoms with Crippen LogP contribution in [0.5, 0.6) is 5.75 Å². The Morgan fingerprint density at radius 1 is 1.11 bits per heavy atom. The minimum atomic E-state index is -3.31. The molecule has 0 amide bonds. The Labute approximate surface area is 181 Å². The van der Waals surface area contributed by atoms with Crippen LogP contribution in [0, 0.1) is 0 Å². The average Bonchev–Trinajstić information content (AvgIpc) is 2.60. The van der Waals surface area contributed by atoms with E-state index < -0.39 is 16.1 Å². The Balaban J connectivity index is 0.00000392. The van der Waals surface area contributed by atoms with Crippen LogP contribution in [0.2, 0.25) is 10.0 Å². The molecule has 0 aliphatic heterocycles. The first-order valence-electron chi connectivity index (χ1n) is 8.21. The van der Waals surface area contributed by atoms with Crippen LogP contribution in [0.25, 0.3) is 0 Å². The molecule has 28 heavy (non-hydrogen) atoms. The number of sulfonamides is 1. The Morgan fingerprint density at radius 3 is 2.32 bits per heavy atom. The summed E-state index contributed by atoms with van der Waals surface area (Å²) in [6.07, 6.45) is 0.365. The van der Waals surface area contributed by atoms with Gasteiger partial charge in [0, 0.05) is 18.3 Å². The predicted octanol–water partition coefficient (Wildman–Crippen LogP) is 3.88. The fraction of sp³-hybridized carbons (Fsp3) is 0.333.